The minimum Gasteiger partial charge on any atom is -0.369 e. The minimum absolute atomic E-state index is 0.0340. The Morgan fingerprint density at radius 1 is 0.867 bits per heavy atom. The van der Waals surface area contributed by atoms with Gasteiger partial charge in [-0.05, 0) is 56.0 Å². The van der Waals surface area contributed by atoms with Crippen LogP contribution in [0.5, 0.6) is 0 Å². The number of fused-ring (bicyclic) bond motifs is 2. The molecule has 3 aliphatic carbocycles. The van der Waals surface area contributed by atoms with E-state index in [0.717, 1.165) is 57.7 Å². The van der Waals surface area contributed by atoms with E-state index in [0.29, 0.717) is 13.0 Å². The molecule has 0 spiro atoms. The number of halogens is 1. The first kappa shape index (κ1) is 19.7. The second-order valence-electron chi connectivity index (χ2n) is 9.15. The molecule has 7 heteroatoms. The van der Waals surface area contributed by atoms with Crippen LogP contribution in [-0.4, -0.2) is 66.7 Å². The first-order valence-corrected chi connectivity index (χ1v) is 11.1. The lowest BCUT2D eigenvalue weighted by Gasteiger charge is -2.41. The Kier molecular flexibility index (Phi) is 5.09. The number of hydrogen-bond donors (Lipinski definition) is 0. The van der Waals surface area contributed by atoms with Crippen molar-refractivity contribution >= 4 is 23.3 Å². The van der Waals surface area contributed by atoms with Gasteiger partial charge in [0.15, 0.2) is 0 Å². The predicted octanol–water partition coefficient (Wildman–Crippen LogP) is 1.94. The SMILES string of the molecule is O=C1CC2CCC1C1C(=O)N(CCCN3CCN(c4ccc(F)cc4)CC3)C(=O)C21. The van der Waals surface area contributed by atoms with Gasteiger partial charge in [0.2, 0.25) is 11.8 Å². The fourth-order valence-electron chi connectivity index (χ4n) is 6.00. The molecular weight excluding hydrogens is 385 g/mol. The number of amides is 2. The molecule has 3 saturated carbocycles. The molecule has 0 radical (unpaired) electrons. The van der Waals surface area contributed by atoms with Crippen molar-refractivity contribution in [3.05, 3.63) is 30.1 Å². The average Bonchev–Trinajstić information content (AvgIpc) is 3.02. The number of likely N-dealkylation sites (tertiary alicyclic amines) is 1. The molecule has 2 amide bonds. The van der Waals surface area contributed by atoms with Crippen molar-refractivity contribution in [2.45, 2.75) is 25.7 Å². The lowest BCUT2D eigenvalue weighted by Crippen LogP contribution is -2.47. The van der Waals surface area contributed by atoms with Gasteiger partial charge in [0, 0.05) is 50.7 Å². The summed E-state index contributed by atoms with van der Waals surface area (Å²) in [6.07, 6.45) is 2.92. The van der Waals surface area contributed by atoms with Crippen LogP contribution in [0.25, 0.3) is 0 Å². The number of Topliss-reactive ketones (excluding diaryl/α,β-unsaturated/α-hetero) is 1. The maximum absolute atomic E-state index is 13.1. The number of ketones is 1. The molecule has 0 aromatic heterocycles. The number of nitrogens with zero attached hydrogens (tertiary/aromatic N) is 3. The summed E-state index contributed by atoms with van der Waals surface area (Å²) >= 11 is 0. The summed E-state index contributed by atoms with van der Waals surface area (Å²) in [6, 6.07) is 6.60. The summed E-state index contributed by atoms with van der Waals surface area (Å²) in [6.45, 7) is 4.86. The quantitative estimate of drug-likeness (QED) is 0.691. The van der Waals surface area contributed by atoms with Crippen molar-refractivity contribution in [1.29, 1.82) is 0 Å². The molecule has 1 aromatic rings. The largest absolute Gasteiger partial charge is 0.369 e. The van der Waals surface area contributed by atoms with E-state index in [1.807, 2.05) is 12.1 Å². The molecule has 30 heavy (non-hydrogen) atoms. The molecular formula is C23H28FN3O3. The van der Waals surface area contributed by atoms with Crippen molar-refractivity contribution in [3.8, 4) is 0 Å². The highest BCUT2D eigenvalue weighted by atomic mass is 19.1. The third kappa shape index (κ3) is 3.33. The Hall–Kier alpha value is -2.28. The van der Waals surface area contributed by atoms with E-state index >= 15 is 0 Å². The highest BCUT2D eigenvalue weighted by molar-refractivity contribution is 6.08. The van der Waals surface area contributed by atoms with E-state index in [9.17, 15) is 18.8 Å². The van der Waals surface area contributed by atoms with Crippen LogP contribution in [0.15, 0.2) is 24.3 Å². The molecule has 1 aromatic carbocycles. The number of carbonyl (C=O) groups is 3. The average molecular weight is 413 g/mol. The molecule has 160 valence electrons. The zero-order valence-corrected chi connectivity index (χ0v) is 17.1. The molecule has 4 unspecified atom stereocenters. The van der Waals surface area contributed by atoms with Gasteiger partial charge in [0.1, 0.15) is 11.6 Å². The standard InChI is InChI=1S/C23H28FN3O3/c24-16-3-5-17(6-4-16)26-12-10-25(11-13-26)8-1-9-27-22(29)20-15-2-7-18(19(28)14-15)21(20)23(27)30/h3-6,15,18,20-21H,1-2,7-14H2. The lowest BCUT2D eigenvalue weighted by molar-refractivity contribution is -0.144. The first-order chi connectivity index (χ1) is 14.5. The summed E-state index contributed by atoms with van der Waals surface area (Å²) in [7, 11) is 0. The Morgan fingerprint density at radius 2 is 1.57 bits per heavy atom. The second kappa shape index (κ2) is 7.76. The minimum atomic E-state index is -0.378. The zero-order chi connectivity index (χ0) is 20.8. The lowest BCUT2D eigenvalue weighted by atomic mass is 9.59. The monoisotopic (exact) mass is 413 g/mol. The van der Waals surface area contributed by atoms with E-state index in [1.165, 1.54) is 17.0 Å². The van der Waals surface area contributed by atoms with Crippen LogP contribution in [0, 0.1) is 29.5 Å². The number of carbonyl (C=O) groups excluding carboxylic acids is 3. The van der Waals surface area contributed by atoms with E-state index < -0.39 is 0 Å². The molecule has 2 heterocycles. The summed E-state index contributed by atoms with van der Waals surface area (Å²) in [5.74, 6) is -0.934. The Morgan fingerprint density at radius 3 is 2.27 bits per heavy atom. The van der Waals surface area contributed by atoms with Crippen LogP contribution < -0.4 is 4.90 Å². The second-order valence-corrected chi connectivity index (χ2v) is 9.15. The van der Waals surface area contributed by atoms with Crippen LogP contribution in [0.2, 0.25) is 0 Å². The van der Waals surface area contributed by atoms with Gasteiger partial charge in [0.25, 0.3) is 0 Å². The van der Waals surface area contributed by atoms with Crippen LogP contribution in [0.1, 0.15) is 25.7 Å². The predicted molar refractivity (Wildman–Crippen MR) is 109 cm³/mol. The van der Waals surface area contributed by atoms with Gasteiger partial charge in [-0.1, -0.05) is 0 Å². The van der Waals surface area contributed by atoms with Gasteiger partial charge < -0.3 is 4.90 Å². The van der Waals surface area contributed by atoms with E-state index in [2.05, 4.69) is 9.80 Å². The summed E-state index contributed by atoms with van der Waals surface area (Å²) in [5.41, 5.74) is 1.04. The van der Waals surface area contributed by atoms with Gasteiger partial charge >= 0.3 is 0 Å². The number of anilines is 1. The molecule has 0 N–H and O–H groups in total. The normalized spacial score (nSPS) is 31.6. The van der Waals surface area contributed by atoms with Gasteiger partial charge in [0.05, 0.1) is 11.8 Å². The number of benzene rings is 1. The Bertz CT molecular complexity index is 850. The smallest absolute Gasteiger partial charge is 0.233 e. The zero-order valence-electron chi connectivity index (χ0n) is 17.1. The highest BCUT2D eigenvalue weighted by Crippen LogP contribution is 2.51. The summed E-state index contributed by atoms with van der Waals surface area (Å²) in [4.78, 5) is 44.1. The number of hydrogen-bond acceptors (Lipinski definition) is 5. The Balaban J connectivity index is 1.12. The molecule has 4 atom stereocenters. The van der Waals surface area contributed by atoms with Gasteiger partial charge in [-0.3, -0.25) is 24.2 Å². The van der Waals surface area contributed by atoms with E-state index in [1.54, 1.807) is 0 Å². The third-order valence-corrected chi connectivity index (χ3v) is 7.58. The van der Waals surface area contributed by atoms with Crippen LogP contribution >= 0.6 is 0 Å². The number of piperazine rings is 1. The van der Waals surface area contributed by atoms with Crippen LogP contribution in [0.4, 0.5) is 10.1 Å². The van der Waals surface area contributed by atoms with Gasteiger partial charge in [-0.2, -0.15) is 0 Å². The van der Waals surface area contributed by atoms with Crippen molar-refractivity contribution in [3.63, 3.8) is 0 Å². The van der Waals surface area contributed by atoms with Crippen molar-refractivity contribution < 1.29 is 18.8 Å². The molecule has 5 fully saturated rings. The van der Waals surface area contributed by atoms with Crippen LogP contribution in [-0.2, 0) is 14.4 Å². The Labute approximate surface area is 176 Å². The number of imide groups is 1. The van der Waals surface area contributed by atoms with E-state index in [-0.39, 0.29) is 47.1 Å². The fourth-order valence-corrected chi connectivity index (χ4v) is 6.00. The molecule has 2 bridgehead atoms. The van der Waals surface area contributed by atoms with Crippen molar-refractivity contribution in [2.75, 3.05) is 44.2 Å². The fraction of sp³-hybridized carbons (Fsp3) is 0.609. The van der Waals surface area contributed by atoms with Crippen LogP contribution in [0.3, 0.4) is 0 Å². The van der Waals surface area contributed by atoms with Crippen molar-refractivity contribution in [2.24, 2.45) is 23.7 Å². The highest BCUT2D eigenvalue weighted by Gasteiger charge is 2.60. The molecule has 2 saturated heterocycles. The molecule has 6 nitrogen and oxygen atoms in total. The molecule has 6 rings (SSSR count). The topological polar surface area (TPSA) is 60.9 Å². The third-order valence-electron chi connectivity index (χ3n) is 7.58. The van der Waals surface area contributed by atoms with Gasteiger partial charge in [-0.15, -0.1) is 0 Å². The maximum atomic E-state index is 13.1. The summed E-state index contributed by atoms with van der Waals surface area (Å²) in [5, 5.41) is 0. The maximum Gasteiger partial charge on any atom is 0.233 e. The molecule has 5 aliphatic rings. The van der Waals surface area contributed by atoms with E-state index in [4.69, 9.17) is 0 Å². The summed E-state index contributed by atoms with van der Waals surface area (Å²) < 4.78 is 13.1. The van der Waals surface area contributed by atoms with Gasteiger partial charge in [-0.25, -0.2) is 4.39 Å². The first-order valence-electron chi connectivity index (χ1n) is 11.1. The number of rotatable bonds is 5. The molecule has 2 aliphatic heterocycles. The van der Waals surface area contributed by atoms with Crippen molar-refractivity contribution in [1.82, 2.24) is 9.80 Å².